The second kappa shape index (κ2) is 12.7. The monoisotopic (exact) mass is 512 g/mol. The molecule has 2 aromatic carbocycles. The summed E-state index contributed by atoms with van der Waals surface area (Å²) in [5.41, 5.74) is 2.12. The summed E-state index contributed by atoms with van der Waals surface area (Å²) in [5.74, 6) is -0.621. The molecule has 2 fully saturated rings. The fraction of sp³-hybridized carbons (Fsp3) is 0.444. The Morgan fingerprint density at radius 1 is 0.889 bits per heavy atom. The van der Waals surface area contributed by atoms with Crippen LogP contribution in [0.4, 0.5) is 11.4 Å². The van der Waals surface area contributed by atoms with Crippen molar-refractivity contribution in [2.24, 2.45) is 0 Å². The average Bonchev–Trinajstić information content (AvgIpc) is 3.41. The summed E-state index contributed by atoms with van der Waals surface area (Å²) in [7, 11) is 0. The fourth-order valence-electron chi connectivity index (χ4n) is 4.53. The third-order valence-electron chi connectivity index (χ3n) is 6.55. The quantitative estimate of drug-likeness (QED) is 0.399. The van der Waals surface area contributed by atoms with E-state index in [4.69, 9.17) is 16.3 Å². The molecule has 1 aliphatic heterocycles. The van der Waals surface area contributed by atoms with Crippen molar-refractivity contribution in [1.82, 2.24) is 10.6 Å². The van der Waals surface area contributed by atoms with Gasteiger partial charge < -0.3 is 26.0 Å². The molecule has 1 unspecified atom stereocenters. The Bertz CT molecular complexity index is 1060. The van der Waals surface area contributed by atoms with Crippen LogP contribution in [-0.2, 0) is 9.53 Å². The topological polar surface area (TPSA) is 109 Å². The Labute approximate surface area is 216 Å². The molecule has 8 nitrogen and oxygen atoms in total. The summed E-state index contributed by atoms with van der Waals surface area (Å²) < 4.78 is 5.52. The third kappa shape index (κ3) is 7.45. The summed E-state index contributed by atoms with van der Waals surface area (Å²) >= 11 is 6.26. The summed E-state index contributed by atoms with van der Waals surface area (Å²) in [6.07, 6.45) is 7.52. The van der Waals surface area contributed by atoms with Gasteiger partial charge in [-0.05, 0) is 68.1 Å². The maximum Gasteiger partial charge on any atom is 0.253 e. The average molecular weight is 513 g/mol. The van der Waals surface area contributed by atoms with E-state index in [1.165, 1.54) is 6.42 Å². The van der Waals surface area contributed by atoms with Crippen LogP contribution in [0.3, 0.4) is 0 Å². The standard InChI is InChI=1S/C27H33ClN4O4/c28-24-13-12-21(15-23(24)27(35)32-19-5-2-1-3-6-19)29-17-25(33)31-20-10-8-18(9-11-20)26(34)30-16-22-7-4-14-36-22/h8-13,15,19,22,29H,1-7,14,16-17H2,(H,30,34)(H,31,33)(H,32,35). The molecule has 4 N–H and O–H groups in total. The molecule has 1 saturated carbocycles. The Hall–Kier alpha value is -3.10. The first-order chi connectivity index (χ1) is 17.5. The first-order valence-electron chi connectivity index (χ1n) is 12.6. The van der Waals surface area contributed by atoms with Gasteiger partial charge in [-0.25, -0.2) is 0 Å². The number of nitrogens with one attached hydrogen (secondary N) is 4. The third-order valence-corrected chi connectivity index (χ3v) is 6.88. The van der Waals surface area contributed by atoms with Gasteiger partial charge in [-0.3, -0.25) is 14.4 Å². The molecule has 36 heavy (non-hydrogen) atoms. The number of benzene rings is 2. The van der Waals surface area contributed by atoms with Crippen molar-refractivity contribution in [3.8, 4) is 0 Å². The van der Waals surface area contributed by atoms with Crippen LogP contribution in [-0.4, -0.2) is 49.6 Å². The molecule has 2 aromatic rings. The van der Waals surface area contributed by atoms with Crippen molar-refractivity contribution in [3.63, 3.8) is 0 Å². The van der Waals surface area contributed by atoms with Crippen molar-refractivity contribution in [2.45, 2.75) is 57.1 Å². The number of hydrogen-bond donors (Lipinski definition) is 4. The fourth-order valence-corrected chi connectivity index (χ4v) is 4.73. The lowest BCUT2D eigenvalue weighted by Crippen LogP contribution is -2.36. The van der Waals surface area contributed by atoms with E-state index < -0.39 is 0 Å². The molecule has 0 bridgehead atoms. The van der Waals surface area contributed by atoms with Gasteiger partial charge in [0.25, 0.3) is 11.8 Å². The molecule has 192 valence electrons. The zero-order valence-corrected chi connectivity index (χ0v) is 21.0. The summed E-state index contributed by atoms with van der Waals surface area (Å²) in [4.78, 5) is 37.4. The number of halogens is 1. The Kier molecular flexibility index (Phi) is 9.19. The van der Waals surface area contributed by atoms with Crippen LogP contribution in [0.5, 0.6) is 0 Å². The highest BCUT2D eigenvalue weighted by atomic mass is 35.5. The van der Waals surface area contributed by atoms with Gasteiger partial charge in [0.15, 0.2) is 0 Å². The second-order valence-corrected chi connectivity index (χ2v) is 9.73. The van der Waals surface area contributed by atoms with Crippen LogP contribution in [0.1, 0.15) is 65.7 Å². The van der Waals surface area contributed by atoms with Crippen molar-refractivity contribution in [1.29, 1.82) is 0 Å². The number of amides is 3. The molecule has 1 aliphatic carbocycles. The van der Waals surface area contributed by atoms with Gasteiger partial charge in [0, 0.05) is 36.1 Å². The molecule has 3 amide bonds. The smallest absolute Gasteiger partial charge is 0.253 e. The molecule has 0 spiro atoms. The first-order valence-corrected chi connectivity index (χ1v) is 13.0. The minimum atomic E-state index is -0.256. The predicted octanol–water partition coefficient (Wildman–Crippen LogP) is 4.36. The summed E-state index contributed by atoms with van der Waals surface area (Å²) in [6, 6.07) is 12.0. The van der Waals surface area contributed by atoms with Gasteiger partial charge in [0.1, 0.15) is 0 Å². The number of carbonyl (C=O) groups is 3. The van der Waals surface area contributed by atoms with Crippen molar-refractivity contribution >= 4 is 40.7 Å². The van der Waals surface area contributed by atoms with Gasteiger partial charge in [0.05, 0.1) is 23.2 Å². The van der Waals surface area contributed by atoms with E-state index in [2.05, 4.69) is 21.3 Å². The van der Waals surface area contributed by atoms with Gasteiger partial charge in [-0.15, -0.1) is 0 Å². The van der Waals surface area contributed by atoms with Crippen LogP contribution in [0.15, 0.2) is 42.5 Å². The van der Waals surface area contributed by atoms with Crippen LogP contribution in [0, 0.1) is 0 Å². The van der Waals surface area contributed by atoms with Crippen LogP contribution in [0.2, 0.25) is 5.02 Å². The number of hydrogen-bond acceptors (Lipinski definition) is 5. The lowest BCUT2D eigenvalue weighted by molar-refractivity contribution is -0.114. The SMILES string of the molecule is O=C(CNc1ccc(Cl)c(C(=O)NC2CCCCC2)c1)Nc1ccc(C(=O)NCC2CCCO2)cc1. The first kappa shape index (κ1) is 26.0. The molecule has 1 saturated heterocycles. The second-order valence-electron chi connectivity index (χ2n) is 9.33. The van der Waals surface area contributed by atoms with Crippen molar-refractivity contribution < 1.29 is 19.1 Å². The minimum Gasteiger partial charge on any atom is -0.376 e. The number of carbonyl (C=O) groups excluding carboxylic acids is 3. The number of anilines is 2. The maximum atomic E-state index is 12.7. The van der Waals surface area contributed by atoms with E-state index in [1.54, 1.807) is 42.5 Å². The highest BCUT2D eigenvalue weighted by molar-refractivity contribution is 6.34. The van der Waals surface area contributed by atoms with Crippen molar-refractivity contribution in [3.05, 3.63) is 58.6 Å². The Morgan fingerprint density at radius 2 is 1.64 bits per heavy atom. The molecular formula is C27H33ClN4O4. The lowest BCUT2D eigenvalue weighted by atomic mass is 9.95. The van der Waals surface area contributed by atoms with E-state index in [9.17, 15) is 14.4 Å². The van der Waals surface area contributed by atoms with E-state index in [0.29, 0.717) is 34.1 Å². The van der Waals surface area contributed by atoms with E-state index in [0.717, 1.165) is 45.1 Å². The highest BCUT2D eigenvalue weighted by Gasteiger charge is 2.19. The minimum absolute atomic E-state index is 0.00887. The van der Waals surface area contributed by atoms with Crippen molar-refractivity contribution in [2.75, 3.05) is 30.3 Å². The number of rotatable bonds is 9. The van der Waals surface area contributed by atoms with Gasteiger partial charge in [-0.1, -0.05) is 30.9 Å². The molecular weight excluding hydrogens is 480 g/mol. The zero-order chi connectivity index (χ0) is 25.3. The molecule has 2 aliphatic rings. The molecule has 1 heterocycles. The highest BCUT2D eigenvalue weighted by Crippen LogP contribution is 2.23. The molecule has 1 atom stereocenters. The number of ether oxygens (including phenoxy) is 1. The Balaban J connectivity index is 1.24. The molecule has 4 rings (SSSR count). The molecule has 0 aromatic heterocycles. The summed E-state index contributed by atoms with van der Waals surface area (Å²) in [5, 5.41) is 12.2. The van der Waals surface area contributed by atoms with E-state index in [1.807, 2.05) is 0 Å². The Morgan fingerprint density at radius 3 is 2.36 bits per heavy atom. The summed E-state index contributed by atoms with van der Waals surface area (Å²) in [6.45, 7) is 1.26. The van der Waals surface area contributed by atoms with Crippen LogP contribution < -0.4 is 21.3 Å². The van der Waals surface area contributed by atoms with Crippen LogP contribution >= 0.6 is 11.6 Å². The molecule has 9 heteroatoms. The van der Waals surface area contributed by atoms with Crippen LogP contribution in [0.25, 0.3) is 0 Å². The largest absolute Gasteiger partial charge is 0.376 e. The van der Waals surface area contributed by atoms with Gasteiger partial charge >= 0.3 is 0 Å². The molecule has 0 radical (unpaired) electrons. The zero-order valence-electron chi connectivity index (χ0n) is 20.3. The normalized spacial score (nSPS) is 17.9. The predicted molar refractivity (Wildman–Crippen MR) is 141 cm³/mol. The van der Waals surface area contributed by atoms with E-state index >= 15 is 0 Å². The van der Waals surface area contributed by atoms with Gasteiger partial charge in [-0.2, -0.15) is 0 Å². The van der Waals surface area contributed by atoms with Gasteiger partial charge in [0.2, 0.25) is 5.91 Å². The maximum absolute atomic E-state index is 12.7. The lowest BCUT2D eigenvalue weighted by Gasteiger charge is -2.23. The van der Waals surface area contributed by atoms with E-state index in [-0.39, 0.29) is 36.4 Å².